The Balaban J connectivity index is 2.02. The molecule has 0 aliphatic carbocycles. The van der Waals surface area contributed by atoms with Gasteiger partial charge in [0.25, 0.3) is 0 Å². The van der Waals surface area contributed by atoms with E-state index < -0.39 is 0 Å². The molecule has 0 bridgehead atoms. The van der Waals surface area contributed by atoms with E-state index >= 15 is 0 Å². The standard InChI is InChI=1S/C13H21N3O2/c1-9-10(2)15-16-13(12(9)7-14)18-8-11-5-3-4-6-17-11/h11H,3-8,14H2,1-2H3. The fourth-order valence-electron chi connectivity index (χ4n) is 2.10. The first-order valence-electron chi connectivity index (χ1n) is 6.49. The van der Waals surface area contributed by atoms with Gasteiger partial charge in [0.2, 0.25) is 5.88 Å². The molecule has 0 amide bonds. The maximum Gasteiger partial charge on any atom is 0.238 e. The van der Waals surface area contributed by atoms with Gasteiger partial charge in [0.05, 0.1) is 11.8 Å². The summed E-state index contributed by atoms with van der Waals surface area (Å²) >= 11 is 0. The van der Waals surface area contributed by atoms with Gasteiger partial charge in [0, 0.05) is 18.7 Å². The van der Waals surface area contributed by atoms with E-state index in [2.05, 4.69) is 10.2 Å². The minimum absolute atomic E-state index is 0.174. The highest BCUT2D eigenvalue weighted by Crippen LogP contribution is 2.21. The number of hydrogen-bond donors (Lipinski definition) is 1. The number of nitrogens with zero attached hydrogens (tertiary/aromatic N) is 2. The van der Waals surface area contributed by atoms with Gasteiger partial charge in [-0.2, -0.15) is 5.10 Å². The molecule has 1 saturated heterocycles. The Bertz CT molecular complexity index is 403. The highest BCUT2D eigenvalue weighted by atomic mass is 16.5. The molecule has 1 aliphatic rings. The Morgan fingerprint density at radius 3 is 2.83 bits per heavy atom. The van der Waals surface area contributed by atoms with Crippen molar-refractivity contribution >= 4 is 0 Å². The lowest BCUT2D eigenvalue weighted by molar-refractivity contribution is -0.0123. The van der Waals surface area contributed by atoms with E-state index in [9.17, 15) is 0 Å². The van der Waals surface area contributed by atoms with Gasteiger partial charge in [0.15, 0.2) is 0 Å². The minimum Gasteiger partial charge on any atom is -0.474 e. The summed E-state index contributed by atoms with van der Waals surface area (Å²) < 4.78 is 11.3. The SMILES string of the molecule is Cc1nnc(OCC2CCCCO2)c(CN)c1C. The quantitative estimate of drug-likeness (QED) is 0.878. The van der Waals surface area contributed by atoms with E-state index in [4.69, 9.17) is 15.2 Å². The van der Waals surface area contributed by atoms with Crippen LogP contribution in [0.4, 0.5) is 0 Å². The van der Waals surface area contributed by atoms with Crippen LogP contribution >= 0.6 is 0 Å². The van der Waals surface area contributed by atoms with E-state index in [-0.39, 0.29) is 6.10 Å². The van der Waals surface area contributed by atoms with Crippen molar-refractivity contribution in [2.24, 2.45) is 5.73 Å². The van der Waals surface area contributed by atoms with Crippen molar-refractivity contribution in [3.05, 3.63) is 16.8 Å². The third-order valence-corrected chi connectivity index (χ3v) is 3.43. The topological polar surface area (TPSA) is 70.3 Å². The zero-order valence-corrected chi connectivity index (χ0v) is 11.1. The van der Waals surface area contributed by atoms with E-state index in [1.165, 1.54) is 6.42 Å². The predicted octanol–water partition coefficient (Wildman–Crippen LogP) is 1.50. The lowest BCUT2D eigenvalue weighted by atomic mass is 10.1. The normalized spacial score (nSPS) is 19.8. The number of hydrogen-bond acceptors (Lipinski definition) is 5. The van der Waals surface area contributed by atoms with Crippen molar-refractivity contribution in [2.45, 2.75) is 45.8 Å². The fourth-order valence-corrected chi connectivity index (χ4v) is 2.10. The molecule has 0 spiro atoms. The molecule has 5 heteroatoms. The molecule has 1 aliphatic heterocycles. The minimum atomic E-state index is 0.174. The average molecular weight is 251 g/mol. The average Bonchev–Trinajstić information content (AvgIpc) is 2.41. The maximum atomic E-state index is 5.75. The van der Waals surface area contributed by atoms with Crippen LogP contribution in [0.1, 0.15) is 36.1 Å². The van der Waals surface area contributed by atoms with Crippen LogP contribution in [0.5, 0.6) is 5.88 Å². The Kier molecular flexibility index (Phi) is 4.49. The third kappa shape index (κ3) is 2.97. The van der Waals surface area contributed by atoms with Gasteiger partial charge in [-0.05, 0) is 38.7 Å². The first kappa shape index (κ1) is 13.2. The first-order valence-corrected chi connectivity index (χ1v) is 6.49. The van der Waals surface area contributed by atoms with Crippen LogP contribution in [0.2, 0.25) is 0 Å². The van der Waals surface area contributed by atoms with Crippen LogP contribution in [0.25, 0.3) is 0 Å². The van der Waals surface area contributed by atoms with Gasteiger partial charge in [0.1, 0.15) is 6.61 Å². The summed E-state index contributed by atoms with van der Waals surface area (Å²) in [6.07, 6.45) is 3.58. The van der Waals surface area contributed by atoms with Gasteiger partial charge >= 0.3 is 0 Å². The molecule has 2 N–H and O–H groups in total. The van der Waals surface area contributed by atoms with E-state index in [1.54, 1.807) is 0 Å². The van der Waals surface area contributed by atoms with Crippen molar-refractivity contribution in [3.63, 3.8) is 0 Å². The molecule has 18 heavy (non-hydrogen) atoms. The Morgan fingerprint density at radius 1 is 1.33 bits per heavy atom. The van der Waals surface area contributed by atoms with E-state index in [0.29, 0.717) is 19.0 Å². The highest BCUT2D eigenvalue weighted by molar-refractivity contribution is 5.35. The van der Waals surface area contributed by atoms with Crippen LogP contribution in [0.3, 0.4) is 0 Å². The molecule has 5 nitrogen and oxygen atoms in total. The lowest BCUT2D eigenvalue weighted by Gasteiger charge is -2.23. The molecule has 1 aromatic rings. The molecule has 2 heterocycles. The maximum absolute atomic E-state index is 5.75. The summed E-state index contributed by atoms with van der Waals surface area (Å²) in [5.74, 6) is 0.551. The van der Waals surface area contributed by atoms with Gasteiger partial charge in [-0.15, -0.1) is 5.10 Å². The lowest BCUT2D eigenvalue weighted by Crippen LogP contribution is -2.26. The number of rotatable bonds is 4. The molecule has 100 valence electrons. The van der Waals surface area contributed by atoms with Crippen LogP contribution in [-0.2, 0) is 11.3 Å². The number of nitrogens with two attached hydrogens (primary N) is 1. The largest absolute Gasteiger partial charge is 0.474 e. The van der Waals surface area contributed by atoms with Crippen LogP contribution in [0, 0.1) is 13.8 Å². The van der Waals surface area contributed by atoms with E-state index in [0.717, 1.165) is 36.3 Å². The molecule has 2 rings (SSSR count). The van der Waals surface area contributed by atoms with Crippen LogP contribution in [-0.4, -0.2) is 29.5 Å². The number of aryl methyl sites for hydroxylation is 1. The Labute approximate surface area is 108 Å². The molecular formula is C13H21N3O2. The monoisotopic (exact) mass is 251 g/mol. The summed E-state index contributed by atoms with van der Waals surface area (Å²) in [6, 6.07) is 0. The van der Waals surface area contributed by atoms with Crippen molar-refractivity contribution in [3.8, 4) is 5.88 Å². The van der Waals surface area contributed by atoms with Gasteiger partial charge < -0.3 is 15.2 Å². The molecule has 0 aromatic carbocycles. The second kappa shape index (κ2) is 6.11. The zero-order valence-electron chi connectivity index (χ0n) is 11.1. The smallest absolute Gasteiger partial charge is 0.238 e. The second-order valence-corrected chi connectivity index (χ2v) is 4.70. The van der Waals surface area contributed by atoms with Crippen molar-refractivity contribution in [1.82, 2.24) is 10.2 Å². The molecule has 1 aromatic heterocycles. The van der Waals surface area contributed by atoms with Crippen LogP contribution < -0.4 is 10.5 Å². The molecule has 0 radical (unpaired) electrons. The molecule has 0 saturated carbocycles. The molecular weight excluding hydrogens is 230 g/mol. The second-order valence-electron chi connectivity index (χ2n) is 4.70. The fraction of sp³-hybridized carbons (Fsp3) is 0.692. The predicted molar refractivity (Wildman–Crippen MR) is 68.5 cm³/mol. The zero-order chi connectivity index (χ0) is 13.0. The summed E-state index contributed by atoms with van der Waals surface area (Å²) in [7, 11) is 0. The van der Waals surface area contributed by atoms with Gasteiger partial charge in [-0.3, -0.25) is 0 Å². The van der Waals surface area contributed by atoms with E-state index in [1.807, 2.05) is 13.8 Å². The Morgan fingerprint density at radius 2 is 2.17 bits per heavy atom. The summed E-state index contributed by atoms with van der Waals surface area (Å²) in [4.78, 5) is 0. The summed E-state index contributed by atoms with van der Waals surface area (Å²) in [5.41, 5.74) is 8.65. The van der Waals surface area contributed by atoms with Crippen LogP contribution in [0.15, 0.2) is 0 Å². The number of ether oxygens (including phenoxy) is 2. The molecule has 1 unspecified atom stereocenters. The third-order valence-electron chi connectivity index (χ3n) is 3.43. The molecule has 1 atom stereocenters. The summed E-state index contributed by atoms with van der Waals surface area (Å²) in [5, 5.41) is 8.17. The van der Waals surface area contributed by atoms with Gasteiger partial charge in [-0.1, -0.05) is 0 Å². The van der Waals surface area contributed by atoms with Crippen molar-refractivity contribution in [2.75, 3.05) is 13.2 Å². The Hall–Kier alpha value is -1.20. The van der Waals surface area contributed by atoms with Gasteiger partial charge in [-0.25, -0.2) is 0 Å². The summed E-state index contributed by atoms with van der Waals surface area (Å²) in [6.45, 7) is 5.70. The molecule has 1 fully saturated rings. The number of aromatic nitrogens is 2. The van der Waals surface area contributed by atoms with Crippen molar-refractivity contribution in [1.29, 1.82) is 0 Å². The van der Waals surface area contributed by atoms with Crippen molar-refractivity contribution < 1.29 is 9.47 Å². The first-order chi connectivity index (χ1) is 8.72. The highest BCUT2D eigenvalue weighted by Gasteiger charge is 2.17.